The Morgan fingerprint density at radius 2 is 1.89 bits per heavy atom. The predicted molar refractivity (Wildman–Crippen MR) is 77.0 cm³/mol. The van der Waals surface area contributed by atoms with Crippen LogP contribution in [0.3, 0.4) is 0 Å². The highest BCUT2D eigenvalue weighted by molar-refractivity contribution is 9.10. The summed E-state index contributed by atoms with van der Waals surface area (Å²) >= 11 is 3.37. The van der Waals surface area contributed by atoms with E-state index in [1.165, 1.54) is 5.56 Å². The number of rotatable bonds is 2. The third-order valence-electron chi connectivity index (χ3n) is 2.92. The van der Waals surface area contributed by atoms with Crippen molar-refractivity contribution < 1.29 is 4.79 Å². The summed E-state index contributed by atoms with van der Waals surface area (Å²) in [5.74, 6) is -0.0212. The molecule has 0 spiro atoms. The van der Waals surface area contributed by atoms with Crippen LogP contribution in [0.2, 0.25) is 0 Å². The molecule has 1 aromatic carbocycles. The number of hydrogen-bond acceptors (Lipinski definition) is 1. The standard InChI is InChI=1S/C14H15BrN2O/c1-10-4-6-12(7-5-10)17(3)14(18)13-8-11(15)9-16(13)2/h4-9H,1-3H3. The molecule has 2 aromatic rings. The smallest absolute Gasteiger partial charge is 0.274 e. The number of carbonyl (C=O) groups excluding carboxylic acids is 1. The molecule has 1 aromatic heterocycles. The monoisotopic (exact) mass is 306 g/mol. The number of carbonyl (C=O) groups is 1. The van der Waals surface area contributed by atoms with Crippen LogP contribution < -0.4 is 4.90 Å². The molecule has 4 heteroatoms. The van der Waals surface area contributed by atoms with Crippen molar-refractivity contribution in [1.82, 2.24) is 4.57 Å². The number of hydrogen-bond donors (Lipinski definition) is 0. The van der Waals surface area contributed by atoms with Crippen molar-refractivity contribution in [2.24, 2.45) is 7.05 Å². The maximum Gasteiger partial charge on any atom is 0.274 e. The van der Waals surface area contributed by atoms with Crippen molar-refractivity contribution in [1.29, 1.82) is 0 Å². The summed E-state index contributed by atoms with van der Waals surface area (Å²) in [6.07, 6.45) is 1.87. The molecule has 0 aliphatic heterocycles. The zero-order valence-corrected chi connectivity index (χ0v) is 12.2. The van der Waals surface area contributed by atoms with E-state index in [2.05, 4.69) is 15.9 Å². The van der Waals surface area contributed by atoms with E-state index in [0.29, 0.717) is 5.69 Å². The molecule has 1 amide bonds. The molecule has 0 saturated carbocycles. The highest BCUT2D eigenvalue weighted by Crippen LogP contribution is 2.19. The maximum absolute atomic E-state index is 12.3. The molecule has 0 fully saturated rings. The minimum Gasteiger partial charge on any atom is -0.345 e. The fraction of sp³-hybridized carbons (Fsp3) is 0.214. The molecule has 0 N–H and O–H groups in total. The molecule has 0 saturated heterocycles. The van der Waals surface area contributed by atoms with Gasteiger partial charge in [-0.05, 0) is 41.1 Å². The lowest BCUT2D eigenvalue weighted by Gasteiger charge is -2.17. The number of halogens is 1. The Hall–Kier alpha value is -1.55. The van der Waals surface area contributed by atoms with Crippen molar-refractivity contribution in [2.75, 3.05) is 11.9 Å². The normalized spacial score (nSPS) is 10.4. The van der Waals surface area contributed by atoms with Crippen LogP contribution in [0.1, 0.15) is 16.1 Å². The highest BCUT2D eigenvalue weighted by atomic mass is 79.9. The largest absolute Gasteiger partial charge is 0.345 e. The summed E-state index contributed by atoms with van der Waals surface area (Å²) in [5.41, 5.74) is 2.73. The summed E-state index contributed by atoms with van der Waals surface area (Å²) < 4.78 is 2.72. The summed E-state index contributed by atoms with van der Waals surface area (Å²) in [6, 6.07) is 9.73. The SMILES string of the molecule is Cc1ccc(N(C)C(=O)c2cc(Br)cn2C)cc1. The number of anilines is 1. The first-order chi connectivity index (χ1) is 8.49. The second-order valence-corrected chi connectivity index (χ2v) is 5.27. The number of aromatic nitrogens is 1. The molecule has 1 heterocycles. The Bertz CT molecular complexity index is 572. The third kappa shape index (κ3) is 2.48. The summed E-state index contributed by atoms with van der Waals surface area (Å²) in [5, 5.41) is 0. The molecule has 18 heavy (non-hydrogen) atoms. The molecule has 3 nitrogen and oxygen atoms in total. The Balaban J connectivity index is 2.29. The van der Waals surface area contributed by atoms with Gasteiger partial charge in [-0.2, -0.15) is 0 Å². The van der Waals surface area contributed by atoms with Crippen molar-refractivity contribution >= 4 is 27.5 Å². The Morgan fingerprint density at radius 3 is 2.39 bits per heavy atom. The Morgan fingerprint density at radius 1 is 1.28 bits per heavy atom. The van der Waals surface area contributed by atoms with Gasteiger partial charge in [0.05, 0.1) is 0 Å². The van der Waals surface area contributed by atoms with Crippen LogP contribution in [-0.2, 0) is 7.05 Å². The fourth-order valence-corrected chi connectivity index (χ4v) is 2.32. The molecule has 0 aliphatic carbocycles. The van der Waals surface area contributed by atoms with Crippen LogP contribution in [0.4, 0.5) is 5.69 Å². The van der Waals surface area contributed by atoms with E-state index < -0.39 is 0 Å². The van der Waals surface area contributed by atoms with Crippen LogP contribution in [-0.4, -0.2) is 17.5 Å². The predicted octanol–water partition coefficient (Wildman–Crippen LogP) is 3.37. The van der Waals surface area contributed by atoms with Crippen LogP contribution in [0, 0.1) is 6.92 Å². The van der Waals surface area contributed by atoms with Crippen molar-refractivity contribution in [2.45, 2.75) is 6.92 Å². The average molecular weight is 307 g/mol. The molecule has 2 rings (SSSR count). The van der Waals surface area contributed by atoms with Gasteiger partial charge < -0.3 is 9.47 Å². The molecular formula is C14H15BrN2O. The molecule has 0 radical (unpaired) electrons. The lowest BCUT2D eigenvalue weighted by atomic mass is 10.2. The fourth-order valence-electron chi connectivity index (χ4n) is 1.79. The van der Waals surface area contributed by atoms with E-state index in [-0.39, 0.29) is 5.91 Å². The van der Waals surface area contributed by atoms with Crippen molar-refractivity contribution in [3.8, 4) is 0 Å². The molecule has 94 valence electrons. The van der Waals surface area contributed by atoms with Crippen LogP contribution in [0.25, 0.3) is 0 Å². The highest BCUT2D eigenvalue weighted by Gasteiger charge is 2.16. The van der Waals surface area contributed by atoms with E-state index in [4.69, 9.17) is 0 Å². The van der Waals surface area contributed by atoms with E-state index >= 15 is 0 Å². The summed E-state index contributed by atoms with van der Waals surface area (Å²) in [6.45, 7) is 2.03. The minimum atomic E-state index is -0.0212. The quantitative estimate of drug-likeness (QED) is 0.835. The molecule has 0 aliphatic rings. The summed E-state index contributed by atoms with van der Waals surface area (Å²) in [4.78, 5) is 14.0. The van der Waals surface area contributed by atoms with E-state index in [1.54, 1.807) is 11.9 Å². The Kier molecular flexibility index (Phi) is 3.57. The molecule has 0 unspecified atom stereocenters. The third-order valence-corrected chi connectivity index (χ3v) is 3.35. The van der Waals surface area contributed by atoms with Gasteiger partial charge in [0.25, 0.3) is 5.91 Å². The number of aryl methyl sites for hydroxylation is 2. The lowest BCUT2D eigenvalue weighted by molar-refractivity contribution is 0.0985. The van der Waals surface area contributed by atoms with Crippen LogP contribution in [0.15, 0.2) is 41.0 Å². The van der Waals surface area contributed by atoms with Gasteiger partial charge in [0.15, 0.2) is 0 Å². The first kappa shape index (κ1) is 12.9. The molecular weight excluding hydrogens is 292 g/mol. The molecule has 0 bridgehead atoms. The number of amides is 1. The number of nitrogens with zero attached hydrogens (tertiary/aromatic N) is 2. The van der Waals surface area contributed by atoms with E-state index in [9.17, 15) is 4.79 Å². The minimum absolute atomic E-state index is 0.0212. The van der Waals surface area contributed by atoms with Gasteiger partial charge >= 0.3 is 0 Å². The Labute approximate surface area is 115 Å². The summed E-state index contributed by atoms with van der Waals surface area (Å²) in [7, 11) is 3.65. The van der Waals surface area contributed by atoms with E-state index in [1.807, 2.05) is 55.1 Å². The lowest BCUT2D eigenvalue weighted by Crippen LogP contribution is -2.27. The molecule has 0 atom stereocenters. The average Bonchev–Trinajstić information content (AvgIpc) is 2.67. The van der Waals surface area contributed by atoms with Crippen LogP contribution >= 0.6 is 15.9 Å². The first-order valence-electron chi connectivity index (χ1n) is 5.65. The van der Waals surface area contributed by atoms with Gasteiger partial charge in [-0.3, -0.25) is 4.79 Å². The second kappa shape index (κ2) is 4.98. The van der Waals surface area contributed by atoms with Crippen molar-refractivity contribution in [3.63, 3.8) is 0 Å². The van der Waals surface area contributed by atoms with Crippen LogP contribution in [0.5, 0.6) is 0 Å². The number of benzene rings is 1. The van der Waals surface area contributed by atoms with Gasteiger partial charge in [0, 0.05) is 30.5 Å². The maximum atomic E-state index is 12.3. The van der Waals surface area contributed by atoms with Gasteiger partial charge in [-0.1, -0.05) is 17.7 Å². The van der Waals surface area contributed by atoms with Gasteiger partial charge in [0.1, 0.15) is 5.69 Å². The zero-order valence-electron chi connectivity index (χ0n) is 10.6. The first-order valence-corrected chi connectivity index (χ1v) is 6.45. The van der Waals surface area contributed by atoms with Gasteiger partial charge in [-0.25, -0.2) is 0 Å². The second-order valence-electron chi connectivity index (χ2n) is 4.35. The van der Waals surface area contributed by atoms with Gasteiger partial charge in [-0.15, -0.1) is 0 Å². The van der Waals surface area contributed by atoms with E-state index in [0.717, 1.165) is 10.2 Å². The zero-order chi connectivity index (χ0) is 13.3. The van der Waals surface area contributed by atoms with Crippen molar-refractivity contribution in [3.05, 3.63) is 52.3 Å². The van der Waals surface area contributed by atoms with Gasteiger partial charge in [0.2, 0.25) is 0 Å². The topological polar surface area (TPSA) is 25.2 Å².